The molecule has 0 aliphatic rings. The predicted molar refractivity (Wildman–Crippen MR) is 174 cm³/mol. The number of rotatable bonds is 19. The summed E-state index contributed by atoms with van der Waals surface area (Å²) in [7, 11) is -8.81. The van der Waals surface area contributed by atoms with Gasteiger partial charge in [0.25, 0.3) is 0 Å². The van der Waals surface area contributed by atoms with Crippen molar-refractivity contribution in [3.05, 3.63) is 90.5 Å². The molecule has 43 heavy (non-hydrogen) atoms. The minimum atomic E-state index is -5.69. The van der Waals surface area contributed by atoms with Crippen LogP contribution in [0.5, 0.6) is 0 Å². The number of hydrogen-bond acceptors (Lipinski definition) is 4. The highest BCUT2D eigenvalue weighted by Gasteiger charge is 2.63. The van der Waals surface area contributed by atoms with E-state index in [1.54, 1.807) is 84.9 Å². The van der Waals surface area contributed by atoms with Crippen molar-refractivity contribution in [1.82, 2.24) is 0 Å². The number of carbonyl (C=O) groups is 1. The Labute approximate surface area is 265 Å². The van der Waals surface area contributed by atoms with Crippen LogP contribution in [0.1, 0.15) is 69.8 Å². The summed E-state index contributed by atoms with van der Waals surface area (Å²) in [5, 5.41) is -3.81. The van der Waals surface area contributed by atoms with Crippen LogP contribution in [0.15, 0.2) is 99.6 Å². The van der Waals surface area contributed by atoms with Gasteiger partial charge in [0.05, 0.1) is 31.6 Å². The van der Waals surface area contributed by atoms with Crippen LogP contribution in [0.2, 0.25) is 0 Å². The fourth-order valence-corrected chi connectivity index (χ4v) is 10.4. The summed E-state index contributed by atoms with van der Waals surface area (Å²) in [6.07, 6.45) is 10.2. The highest BCUT2D eigenvalue weighted by Crippen LogP contribution is 2.68. The highest BCUT2D eigenvalue weighted by molar-refractivity contribution is 9.09. The van der Waals surface area contributed by atoms with Gasteiger partial charge in [0, 0.05) is 5.33 Å². The van der Waals surface area contributed by atoms with E-state index < -0.39 is 31.7 Å². The molecule has 0 fully saturated rings. The lowest BCUT2D eigenvalue weighted by atomic mass is 10.1. The van der Waals surface area contributed by atoms with Crippen molar-refractivity contribution in [3.63, 3.8) is 0 Å². The van der Waals surface area contributed by atoms with E-state index in [2.05, 4.69) is 19.6 Å². The van der Waals surface area contributed by atoms with Crippen molar-refractivity contribution in [2.75, 3.05) is 11.9 Å². The zero-order valence-electron chi connectivity index (χ0n) is 24.6. The van der Waals surface area contributed by atoms with Gasteiger partial charge in [-0.2, -0.15) is 8.78 Å². The van der Waals surface area contributed by atoms with Crippen LogP contribution in [0.4, 0.5) is 8.78 Å². The Balaban J connectivity index is 1.71. The monoisotopic (exact) mass is 699 g/mol. The number of benzene rings is 3. The summed E-state index contributed by atoms with van der Waals surface area (Å²) in [4.78, 5) is 13.9. The second-order valence-electron chi connectivity index (χ2n) is 10.4. The molecule has 3 aromatic rings. The number of carbonyl (C=O) groups excluding carboxylic acids is 1. The summed E-state index contributed by atoms with van der Waals surface area (Å²) in [6.45, 7) is 1.60. The van der Waals surface area contributed by atoms with Gasteiger partial charge < -0.3 is 4.74 Å². The van der Waals surface area contributed by atoms with Crippen molar-refractivity contribution in [2.45, 2.75) is 91.1 Å². The molecule has 0 amide bonds. The zero-order chi connectivity index (χ0) is 31.2. The Kier molecular flexibility index (Phi) is 14.1. The first kappa shape index (κ1) is 35.2. The van der Waals surface area contributed by atoms with Gasteiger partial charge in [0.1, 0.15) is 0 Å². The maximum absolute atomic E-state index is 15.4. The third-order valence-electron chi connectivity index (χ3n) is 7.06. The van der Waals surface area contributed by atoms with Crippen molar-refractivity contribution < 1.29 is 30.4 Å². The van der Waals surface area contributed by atoms with Crippen LogP contribution >= 0.6 is 26.2 Å². The Morgan fingerprint density at radius 1 is 0.698 bits per heavy atom. The van der Waals surface area contributed by atoms with E-state index in [0.29, 0.717) is 27.5 Å². The van der Waals surface area contributed by atoms with Crippen molar-refractivity contribution in [3.8, 4) is 0 Å². The molecular weight excluding hydrogens is 658 g/mol. The second-order valence-corrected chi connectivity index (χ2v) is 15.9. The van der Waals surface area contributed by atoms with E-state index in [9.17, 15) is 13.2 Å². The van der Waals surface area contributed by atoms with Gasteiger partial charge in [-0.3, -0.25) is 3.63 Å². The number of ether oxygens (including phenoxy) is 1. The lowest BCUT2D eigenvalue weighted by Crippen LogP contribution is -2.42. The Bertz CT molecular complexity index is 1320. The highest BCUT2D eigenvalue weighted by atomic mass is 79.9. The molecule has 0 unspecified atom stereocenters. The molecule has 0 aromatic heterocycles. The number of hydrogen-bond donors (Lipinski definition) is 0. The standard InChI is InChI=1S/C33H41BrF2O5S2/c1-28-22-24-31(25-23-28)42(29-18-12-10-13-19-29,30-20-14-11-15-21-30)41-43(38,39)33(35,36)32(37)40-27-17-9-7-5-3-2-4-6-8-16-26-34/h10-15,18-25H,2-9,16-17,26-27H2,1H3/p+1. The van der Waals surface area contributed by atoms with Gasteiger partial charge in [-0.1, -0.05) is 121 Å². The number of halogens is 3. The molecule has 5 nitrogen and oxygen atoms in total. The van der Waals surface area contributed by atoms with E-state index in [-0.39, 0.29) is 6.61 Å². The maximum atomic E-state index is 15.4. The molecule has 0 saturated heterocycles. The second kappa shape index (κ2) is 17.3. The first-order valence-corrected chi connectivity index (χ1v) is 18.9. The third-order valence-corrected chi connectivity index (χ3v) is 13.0. The van der Waals surface area contributed by atoms with Gasteiger partial charge in [0.2, 0.25) is 0 Å². The number of aryl methyl sites for hydroxylation is 1. The van der Waals surface area contributed by atoms with Crippen LogP contribution in [-0.4, -0.2) is 35.2 Å². The van der Waals surface area contributed by atoms with Gasteiger partial charge in [-0.15, -0.1) is 8.42 Å². The molecule has 0 spiro atoms. The average Bonchev–Trinajstić information content (AvgIpc) is 3.01. The molecule has 0 heterocycles. The first-order chi connectivity index (χ1) is 20.6. The van der Waals surface area contributed by atoms with Gasteiger partial charge >= 0.3 is 21.3 Å². The molecule has 1 N–H and O–H groups in total. The zero-order valence-corrected chi connectivity index (χ0v) is 27.8. The van der Waals surface area contributed by atoms with E-state index in [0.717, 1.165) is 30.2 Å². The first-order valence-electron chi connectivity index (χ1n) is 14.7. The SMILES string of the molecule is Cc1ccc(S([OH+]S(=O)(=O)C(F)(F)C(=O)OCCCCCCCCCCCCBr)(c2ccccc2)c2ccccc2)cc1. The number of esters is 1. The third kappa shape index (κ3) is 9.61. The lowest BCUT2D eigenvalue weighted by molar-refractivity contribution is -0.161. The number of unbranched alkanes of at least 4 members (excludes halogenated alkanes) is 9. The Morgan fingerprint density at radius 3 is 1.58 bits per heavy atom. The van der Waals surface area contributed by atoms with Gasteiger partial charge in [0.15, 0.2) is 0 Å². The molecule has 0 atom stereocenters. The van der Waals surface area contributed by atoms with Crippen LogP contribution in [-0.2, 0) is 19.6 Å². The normalized spacial score (nSPS) is 12.7. The summed E-state index contributed by atoms with van der Waals surface area (Å²) in [6, 6.07) is 24.0. The molecule has 0 bridgehead atoms. The van der Waals surface area contributed by atoms with Crippen LogP contribution < -0.4 is 0 Å². The molecule has 3 aromatic carbocycles. The van der Waals surface area contributed by atoms with Crippen LogP contribution in [0, 0.1) is 6.92 Å². The van der Waals surface area contributed by atoms with Gasteiger partial charge in [-0.05, 0) is 56.2 Å². The Morgan fingerprint density at radius 2 is 1.12 bits per heavy atom. The predicted octanol–water partition coefficient (Wildman–Crippen LogP) is 10.0. The summed E-state index contributed by atoms with van der Waals surface area (Å²) < 4.78 is 66.5. The molecule has 0 radical (unpaired) electrons. The Hall–Kier alpha value is -2.27. The number of alkyl halides is 3. The summed E-state index contributed by atoms with van der Waals surface area (Å²) >= 11 is 3.44. The molecule has 10 heteroatoms. The minimum absolute atomic E-state index is 0.274. The van der Waals surface area contributed by atoms with Crippen LogP contribution in [0.25, 0.3) is 0 Å². The largest absolute Gasteiger partial charge is 0.514 e. The van der Waals surface area contributed by atoms with Crippen molar-refractivity contribution in [2.24, 2.45) is 0 Å². The lowest BCUT2D eigenvalue weighted by Gasteiger charge is -2.35. The van der Waals surface area contributed by atoms with Crippen molar-refractivity contribution in [1.29, 1.82) is 0 Å². The fraction of sp³-hybridized carbons (Fsp3) is 0.424. The van der Waals surface area contributed by atoms with E-state index in [1.807, 2.05) is 6.92 Å². The van der Waals surface area contributed by atoms with E-state index >= 15 is 8.78 Å². The maximum Gasteiger partial charge on any atom is 0.514 e. The molecule has 236 valence electrons. The topological polar surface area (TPSA) is 73.2 Å². The summed E-state index contributed by atoms with van der Waals surface area (Å²) in [5.41, 5.74) is 0.913. The molecule has 0 saturated carbocycles. The average molecular weight is 701 g/mol. The van der Waals surface area contributed by atoms with Crippen molar-refractivity contribution >= 4 is 42.3 Å². The molecule has 0 aliphatic carbocycles. The minimum Gasteiger partial charge on any atom is -0.460 e. The molecule has 3 rings (SSSR count). The van der Waals surface area contributed by atoms with E-state index in [1.165, 1.54) is 32.1 Å². The molecular formula is C33H42BrF2O5S2+. The van der Waals surface area contributed by atoms with Gasteiger partial charge in [-0.25, -0.2) is 4.79 Å². The quantitative estimate of drug-likeness (QED) is 0.0410. The smallest absolute Gasteiger partial charge is 0.460 e. The fourth-order valence-electron chi connectivity index (χ4n) is 4.67. The summed E-state index contributed by atoms with van der Waals surface area (Å²) in [5.74, 6) is -2.10. The molecule has 0 aliphatic heterocycles. The van der Waals surface area contributed by atoms with Crippen LogP contribution in [0.3, 0.4) is 0 Å². The van der Waals surface area contributed by atoms with E-state index in [4.69, 9.17) is 4.74 Å².